The van der Waals surface area contributed by atoms with Crippen LogP contribution in [-0.4, -0.2) is 16.5 Å². The van der Waals surface area contributed by atoms with Gasteiger partial charge in [0.15, 0.2) is 0 Å². The van der Waals surface area contributed by atoms with Gasteiger partial charge in [0.2, 0.25) is 5.28 Å². The van der Waals surface area contributed by atoms with Crippen LogP contribution < -0.4 is 4.74 Å². The van der Waals surface area contributed by atoms with Crippen molar-refractivity contribution in [2.45, 2.75) is 6.92 Å². The zero-order chi connectivity index (χ0) is 10.8. The van der Waals surface area contributed by atoms with Crippen LogP contribution in [0.5, 0.6) is 5.75 Å². The molecular weight excluding hydrogens is 232 g/mol. The molecule has 2 rings (SSSR count). The van der Waals surface area contributed by atoms with Crippen LogP contribution >= 0.6 is 23.1 Å². The van der Waals surface area contributed by atoms with Crippen molar-refractivity contribution in [2.75, 3.05) is 7.11 Å². The van der Waals surface area contributed by atoms with E-state index >= 15 is 0 Å². The van der Waals surface area contributed by atoms with Crippen molar-refractivity contribution in [3.8, 4) is 16.3 Å². The van der Waals surface area contributed by atoms with E-state index in [1.54, 1.807) is 7.11 Å². The first kappa shape index (κ1) is 10.4. The summed E-state index contributed by atoms with van der Waals surface area (Å²) in [7, 11) is 1.64. The molecule has 2 aromatic rings. The van der Waals surface area contributed by atoms with Gasteiger partial charge >= 0.3 is 0 Å². The van der Waals surface area contributed by atoms with Gasteiger partial charge in [0.05, 0.1) is 12.7 Å². The van der Waals surface area contributed by atoms with E-state index in [-0.39, 0.29) is 5.28 Å². The molecule has 0 radical (unpaired) electrons. The Kier molecular flexibility index (Phi) is 2.88. The molecule has 0 spiro atoms. The van der Waals surface area contributed by atoms with Crippen LogP contribution in [-0.2, 0) is 0 Å². The molecular formula is C10H9ClN2OS. The number of ether oxygens (including phenoxy) is 1. The zero-order valence-corrected chi connectivity index (χ0v) is 9.89. The minimum Gasteiger partial charge on any atom is -0.496 e. The highest BCUT2D eigenvalue weighted by atomic mass is 35.5. The highest BCUT2D eigenvalue weighted by Crippen LogP contribution is 2.32. The number of hydrogen-bond donors (Lipinski definition) is 0. The summed E-state index contributed by atoms with van der Waals surface area (Å²) < 4.78 is 9.20. The SMILES string of the molecule is COc1ccc(C)cc1-c1nc(Cl)ns1. The van der Waals surface area contributed by atoms with E-state index in [2.05, 4.69) is 9.36 Å². The molecule has 0 fully saturated rings. The van der Waals surface area contributed by atoms with Gasteiger partial charge in [-0.05, 0) is 42.2 Å². The minimum absolute atomic E-state index is 0.276. The molecule has 15 heavy (non-hydrogen) atoms. The highest BCUT2D eigenvalue weighted by Gasteiger charge is 2.10. The van der Waals surface area contributed by atoms with Gasteiger partial charge in [0.1, 0.15) is 10.8 Å². The van der Waals surface area contributed by atoms with E-state index in [1.165, 1.54) is 11.5 Å². The molecule has 0 aliphatic heterocycles. The lowest BCUT2D eigenvalue weighted by molar-refractivity contribution is 0.416. The van der Waals surface area contributed by atoms with Crippen LogP contribution in [0.25, 0.3) is 10.6 Å². The van der Waals surface area contributed by atoms with Crippen molar-refractivity contribution in [1.82, 2.24) is 9.36 Å². The van der Waals surface area contributed by atoms with Gasteiger partial charge in [-0.2, -0.15) is 4.37 Å². The lowest BCUT2D eigenvalue weighted by Crippen LogP contribution is -1.88. The molecule has 0 saturated heterocycles. The van der Waals surface area contributed by atoms with Gasteiger partial charge in [-0.25, -0.2) is 4.98 Å². The standard InChI is InChI=1S/C10H9ClN2OS/c1-6-3-4-8(14-2)7(5-6)9-12-10(11)13-15-9/h3-5H,1-2H3. The van der Waals surface area contributed by atoms with Crippen molar-refractivity contribution in [1.29, 1.82) is 0 Å². The zero-order valence-electron chi connectivity index (χ0n) is 8.32. The molecule has 0 bridgehead atoms. The Morgan fingerprint density at radius 2 is 2.20 bits per heavy atom. The molecule has 0 N–H and O–H groups in total. The number of nitrogens with zero attached hydrogens (tertiary/aromatic N) is 2. The Bertz CT molecular complexity index is 484. The van der Waals surface area contributed by atoms with Crippen LogP contribution in [0.4, 0.5) is 0 Å². The van der Waals surface area contributed by atoms with Crippen LogP contribution in [0, 0.1) is 6.92 Å². The predicted octanol–water partition coefficient (Wildman–Crippen LogP) is 3.18. The highest BCUT2D eigenvalue weighted by molar-refractivity contribution is 7.09. The van der Waals surface area contributed by atoms with Crippen LogP contribution in [0.3, 0.4) is 0 Å². The second-order valence-corrected chi connectivity index (χ2v) is 4.16. The monoisotopic (exact) mass is 240 g/mol. The average Bonchev–Trinajstić information content (AvgIpc) is 2.65. The molecule has 1 aromatic carbocycles. The first-order valence-corrected chi connectivity index (χ1v) is 5.50. The second kappa shape index (κ2) is 4.16. The van der Waals surface area contributed by atoms with E-state index in [0.29, 0.717) is 0 Å². The molecule has 78 valence electrons. The van der Waals surface area contributed by atoms with Crippen LogP contribution in [0.1, 0.15) is 5.56 Å². The fourth-order valence-corrected chi connectivity index (χ4v) is 2.13. The summed E-state index contributed by atoms with van der Waals surface area (Å²) in [6.07, 6.45) is 0. The summed E-state index contributed by atoms with van der Waals surface area (Å²) in [4.78, 5) is 4.12. The summed E-state index contributed by atoms with van der Waals surface area (Å²) in [5, 5.41) is 1.05. The lowest BCUT2D eigenvalue weighted by Gasteiger charge is -2.05. The molecule has 0 aliphatic rings. The van der Waals surface area contributed by atoms with Gasteiger partial charge < -0.3 is 4.74 Å². The number of rotatable bonds is 2. The third-order valence-corrected chi connectivity index (χ3v) is 3.00. The van der Waals surface area contributed by atoms with Crippen molar-refractivity contribution in [3.05, 3.63) is 29.0 Å². The average molecular weight is 241 g/mol. The fourth-order valence-electron chi connectivity index (χ4n) is 1.30. The smallest absolute Gasteiger partial charge is 0.234 e. The maximum Gasteiger partial charge on any atom is 0.234 e. The first-order chi connectivity index (χ1) is 7.20. The Morgan fingerprint density at radius 3 is 2.80 bits per heavy atom. The molecule has 0 amide bonds. The lowest BCUT2D eigenvalue weighted by atomic mass is 10.1. The van der Waals surface area contributed by atoms with Crippen LogP contribution in [0.2, 0.25) is 5.28 Å². The van der Waals surface area contributed by atoms with E-state index in [9.17, 15) is 0 Å². The number of halogens is 1. The predicted molar refractivity (Wildman–Crippen MR) is 61.6 cm³/mol. The van der Waals surface area contributed by atoms with Gasteiger partial charge in [-0.15, -0.1) is 0 Å². The van der Waals surface area contributed by atoms with Crippen molar-refractivity contribution in [3.63, 3.8) is 0 Å². The van der Waals surface area contributed by atoms with Gasteiger partial charge in [0, 0.05) is 0 Å². The summed E-state index contributed by atoms with van der Waals surface area (Å²) in [6.45, 7) is 2.02. The minimum atomic E-state index is 0.276. The Morgan fingerprint density at radius 1 is 1.40 bits per heavy atom. The van der Waals surface area contributed by atoms with E-state index in [1.807, 2.05) is 25.1 Å². The topological polar surface area (TPSA) is 35.0 Å². The van der Waals surface area contributed by atoms with Gasteiger partial charge in [-0.1, -0.05) is 11.6 Å². The Balaban J connectivity index is 2.55. The summed E-state index contributed by atoms with van der Waals surface area (Å²) in [5.41, 5.74) is 2.08. The van der Waals surface area contributed by atoms with E-state index < -0.39 is 0 Å². The first-order valence-electron chi connectivity index (χ1n) is 4.35. The number of benzene rings is 1. The Hall–Kier alpha value is -1.13. The van der Waals surface area contributed by atoms with Crippen LogP contribution in [0.15, 0.2) is 18.2 Å². The molecule has 5 heteroatoms. The number of aromatic nitrogens is 2. The quantitative estimate of drug-likeness (QED) is 0.809. The van der Waals surface area contributed by atoms with Crippen molar-refractivity contribution < 1.29 is 4.74 Å². The largest absolute Gasteiger partial charge is 0.496 e. The van der Waals surface area contributed by atoms with E-state index in [0.717, 1.165) is 21.9 Å². The molecule has 3 nitrogen and oxygen atoms in total. The molecule has 0 saturated carbocycles. The normalized spacial score (nSPS) is 10.3. The number of hydrogen-bond acceptors (Lipinski definition) is 4. The molecule has 1 heterocycles. The van der Waals surface area contributed by atoms with E-state index in [4.69, 9.17) is 16.3 Å². The van der Waals surface area contributed by atoms with Gasteiger partial charge in [0.25, 0.3) is 0 Å². The summed E-state index contributed by atoms with van der Waals surface area (Å²) in [5.74, 6) is 0.786. The van der Waals surface area contributed by atoms with Crippen molar-refractivity contribution >= 4 is 23.1 Å². The fraction of sp³-hybridized carbons (Fsp3) is 0.200. The Labute approximate surface area is 96.9 Å². The van der Waals surface area contributed by atoms with Gasteiger partial charge in [-0.3, -0.25) is 0 Å². The maximum absolute atomic E-state index is 5.69. The number of methoxy groups -OCH3 is 1. The van der Waals surface area contributed by atoms with Crippen molar-refractivity contribution in [2.24, 2.45) is 0 Å². The summed E-state index contributed by atoms with van der Waals surface area (Å²) in [6, 6.07) is 5.92. The number of aryl methyl sites for hydroxylation is 1. The molecule has 0 aliphatic carbocycles. The third-order valence-electron chi connectivity index (χ3n) is 1.99. The maximum atomic E-state index is 5.69. The second-order valence-electron chi connectivity index (χ2n) is 3.07. The molecule has 0 unspecified atom stereocenters. The third kappa shape index (κ3) is 2.11. The molecule has 0 atom stereocenters. The molecule has 1 aromatic heterocycles. The summed E-state index contributed by atoms with van der Waals surface area (Å²) >= 11 is 6.96.